The number of carbonyl (C=O) groups excluding carboxylic acids is 1. The molecule has 1 aromatic rings. The highest BCUT2D eigenvalue weighted by Crippen LogP contribution is 2.14. The molecule has 1 aromatic heterocycles. The molecule has 2 heterocycles. The smallest absolute Gasteiger partial charge is 0.295 e. The molecule has 16 heavy (non-hydrogen) atoms. The van der Waals surface area contributed by atoms with Crippen LogP contribution in [0.25, 0.3) is 0 Å². The van der Waals surface area contributed by atoms with Crippen molar-refractivity contribution in [2.75, 3.05) is 26.8 Å². The van der Waals surface area contributed by atoms with Gasteiger partial charge in [-0.25, -0.2) is 0 Å². The van der Waals surface area contributed by atoms with E-state index < -0.39 is 0 Å². The van der Waals surface area contributed by atoms with E-state index in [1.165, 1.54) is 0 Å². The zero-order valence-corrected chi connectivity index (χ0v) is 9.22. The van der Waals surface area contributed by atoms with E-state index in [0.717, 1.165) is 26.1 Å². The molecule has 1 aliphatic rings. The van der Waals surface area contributed by atoms with Crippen LogP contribution >= 0.6 is 0 Å². The number of aromatic amines is 1. The molecule has 1 amide bonds. The van der Waals surface area contributed by atoms with Crippen LogP contribution in [-0.4, -0.2) is 58.2 Å². The van der Waals surface area contributed by atoms with Gasteiger partial charge in [-0.2, -0.15) is 5.21 Å². The summed E-state index contributed by atoms with van der Waals surface area (Å²) in [5.41, 5.74) is 0. The van der Waals surface area contributed by atoms with Crippen LogP contribution in [-0.2, 0) is 4.74 Å². The molecule has 1 N–H and O–H groups in total. The van der Waals surface area contributed by atoms with Crippen molar-refractivity contribution in [3.8, 4) is 0 Å². The highest BCUT2D eigenvalue weighted by molar-refractivity contribution is 5.89. The molecule has 1 atom stereocenters. The quantitative estimate of drug-likeness (QED) is 0.763. The Kier molecular flexibility index (Phi) is 3.45. The van der Waals surface area contributed by atoms with Crippen LogP contribution in [0.3, 0.4) is 0 Å². The molecule has 88 valence electrons. The summed E-state index contributed by atoms with van der Waals surface area (Å²) in [7, 11) is 1.74. The van der Waals surface area contributed by atoms with Crippen molar-refractivity contribution in [2.45, 2.75) is 12.8 Å². The third kappa shape index (κ3) is 2.54. The Morgan fingerprint density at radius 2 is 2.56 bits per heavy atom. The van der Waals surface area contributed by atoms with E-state index in [1.54, 1.807) is 11.9 Å². The van der Waals surface area contributed by atoms with Gasteiger partial charge in [-0.05, 0) is 24.0 Å². The van der Waals surface area contributed by atoms with Gasteiger partial charge in [-0.3, -0.25) is 4.79 Å². The number of hydrogen-bond donors (Lipinski definition) is 1. The normalized spacial score (nSPS) is 20.7. The first-order valence-electron chi connectivity index (χ1n) is 5.34. The lowest BCUT2D eigenvalue weighted by Crippen LogP contribution is -2.35. The molecule has 1 aliphatic heterocycles. The van der Waals surface area contributed by atoms with Crippen LogP contribution < -0.4 is 0 Å². The van der Waals surface area contributed by atoms with Crippen molar-refractivity contribution < 1.29 is 9.53 Å². The number of rotatable bonds is 3. The minimum atomic E-state index is -0.209. The molecule has 7 heteroatoms. The largest absolute Gasteiger partial charge is 0.381 e. The fourth-order valence-corrected chi connectivity index (χ4v) is 1.84. The molecule has 2 rings (SSSR count). The molecule has 0 aromatic carbocycles. The number of nitrogens with zero attached hydrogens (tertiary/aromatic N) is 4. The third-order valence-electron chi connectivity index (χ3n) is 2.67. The average Bonchev–Trinajstić information content (AvgIpc) is 2.83. The number of amides is 1. The van der Waals surface area contributed by atoms with Crippen molar-refractivity contribution in [3.63, 3.8) is 0 Å². The zero-order chi connectivity index (χ0) is 11.4. The maximum Gasteiger partial charge on any atom is 0.295 e. The second-order valence-corrected chi connectivity index (χ2v) is 4.00. The maximum atomic E-state index is 11.8. The number of nitrogens with one attached hydrogen (secondary N) is 1. The van der Waals surface area contributed by atoms with Crippen LogP contribution in [0.4, 0.5) is 0 Å². The van der Waals surface area contributed by atoms with Gasteiger partial charge >= 0.3 is 0 Å². The molecule has 1 unspecified atom stereocenters. The van der Waals surface area contributed by atoms with Gasteiger partial charge in [-0.15, -0.1) is 10.2 Å². The Morgan fingerprint density at radius 3 is 3.19 bits per heavy atom. The second kappa shape index (κ2) is 5.02. The van der Waals surface area contributed by atoms with E-state index in [-0.39, 0.29) is 11.7 Å². The first kappa shape index (κ1) is 11.0. The average molecular weight is 225 g/mol. The van der Waals surface area contributed by atoms with E-state index in [4.69, 9.17) is 4.74 Å². The highest BCUT2D eigenvalue weighted by Gasteiger charge is 2.21. The number of tetrazole rings is 1. The van der Waals surface area contributed by atoms with E-state index in [9.17, 15) is 4.79 Å². The SMILES string of the molecule is CN(CC1CCCOC1)C(=O)c1nn[nH]n1. The molecule has 0 saturated carbocycles. The third-order valence-corrected chi connectivity index (χ3v) is 2.67. The lowest BCUT2D eigenvalue weighted by Gasteiger charge is -2.26. The van der Waals surface area contributed by atoms with Gasteiger partial charge in [0.05, 0.1) is 6.61 Å². The molecular formula is C9H15N5O2. The number of aromatic nitrogens is 4. The first-order valence-corrected chi connectivity index (χ1v) is 5.34. The molecule has 1 fully saturated rings. The van der Waals surface area contributed by atoms with Crippen LogP contribution in [0.15, 0.2) is 0 Å². The van der Waals surface area contributed by atoms with E-state index in [0.29, 0.717) is 12.5 Å². The van der Waals surface area contributed by atoms with Crippen LogP contribution in [0.1, 0.15) is 23.5 Å². The second-order valence-electron chi connectivity index (χ2n) is 4.00. The number of carbonyl (C=O) groups is 1. The van der Waals surface area contributed by atoms with Gasteiger partial charge in [0, 0.05) is 20.2 Å². The van der Waals surface area contributed by atoms with Crippen molar-refractivity contribution in [1.82, 2.24) is 25.5 Å². The van der Waals surface area contributed by atoms with Crippen molar-refractivity contribution in [3.05, 3.63) is 5.82 Å². The minimum Gasteiger partial charge on any atom is -0.381 e. The van der Waals surface area contributed by atoms with Crippen LogP contribution in [0.2, 0.25) is 0 Å². The lowest BCUT2D eigenvalue weighted by molar-refractivity contribution is 0.0385. The predicted molar refractivity (Wildman–Crippen MR) is 54.7 cm³/mol. The Balaban J connectivity index is 1.87. The van der Waals surface area contributed by atoms with E-state index >= 15 is 0 Å². The Hall–Kier alpha value is -1.50. The van der Waals surface area contributed by atoms with Crippen LogP contribution in [0.5, 0.6) is 0 Å². The van der Waals surface area contributed by atoms with Gasteiger partial charge in [0.15, 0.2) is 0 Å². The minimum absolute atomic E-state index is 0.110. The number of H-pyrrole nitrogens is 1. The number of ether oxygens (including phenoxy) is 1. The van der Waals surface area contributed by atoms with Gasteiger partial charge in [-0.1, -0.05) is 0 Å². The van der Waals surface area contributed by atoms with Gasteiger partial charge in [0.25, 0.3) is 11.7 Å². The van der Waals surface area contributed by atoms with Crippen molar-refractivity contribution in [1.29, 1.82) is 0 Å². The monoisotopic (exact) mass is 225 g/mol. The molecule has 0 radical (unpaired) electrons. The molecule has 0 bridgehead atoms. The molecular weight excluding hydrogens is 210 g/mol. The maximum absolute atomic E-state index is 11.8. The van der Waals surface area contributed by atoms with Gasteiger partial charge in [0.1, 0.15) is 0 Å². The summed E-state index contributed by atoms with van der Waals surface area (Å²) in [6.07, 6.45) is 2.17. The van der Waals surface area contributed by atoms with Crippen molar-refractivity contribution in [2.24, 2.45) is 5.92 Å². The highest BCUT2D eigenvalue weighted by atomic mass is 16.5. The zero-order valence-electron chi connectivity index (χ0n) is 9.22. The van der Waals surface area contributed by atoms with Gasteiger partial charge in [0.2, 0.25) is 0 Å². The molecule has 7 nitrogen and oxygen atoms in total. The Bertz CT molecular complexity index is 334. The number of hydrogen-bond acceptors (Lipinski definition) is 5. The summed E-state index contributed by atoms with van der Waals surface area (Å²) >= 11 is 0. The summed E-state index contributed by atoms with van der Waals surface area (Å²) < 4.78 is 5.37. The summed E-state index contributed by atoms with van der Waals surface area (Å²) in [4.78, 5) is 13.4. The Labute approximate surface area is 93.2 Å². The fourth-order valence-electron chi connectivity index (χ4n) is 1.84. The standard InChI is InChI=1S/C9H15N5O2/c1-14(5-7-3-2-4-16-6-7)9(15)8-10-12-13-11-8/h7H,2-6H2,1H3,(H,10,11,12,13). The van der Waals surface area contributed by atoms with E-state index in [1.807, 2.05) is 0 Å². The van der Waals surface area contributed by atoms with Gasteiger partial charge < -0.3 is 9.64 Å². The molecule has 0 aliphatic carbocycles. The lowest BCUT2D eigenvalue weighted by atomic mass is 10.0. The fraction of sp³-hybridized carbons (Fsp3) is 0.778. The Morgan fingerprint density at radius 1 is 1.69 bits per heavy atom. The predicted octanol–water partition coefficient (Wildman–Crippen LogP) is -0.302. The first-order chi connectivity index (χ1) is 7.77. The summed E-state index contributed by atoms with van der Waals surface area (Å²) in [6, 6.07) is 0. The van der Waals surface area contributed by atoms with Crippen molar-refractivity contribution >= 4 is 5.91 Å². The molecule has 0 spiro atoms. The van der Waals surface area contributed by atoms with E-state index in [2.05, 4.69) is 20.6 Å². The van der Waals surface area contributed by atoms with Crippen LogP contribution in [0, 0.1) is 5.92 Å². The summed E-state index contributed by atoms with van der Waals surface area (Å²) in [6.45, 7) is 2.23. The summed E-state index contributed by atoms with van der Waals surface area (Å²) in [5, 5.41) is 13.0. The summed E-state index contributed by atoms with van der Waals surface area (Å²) in [5.74, 6) is 0.313. The molecule has 1 saturated heterocycles. The topological polar surface area (TPSA) is 84.0 Å².